The van der Waals surface area contributed by atoms with Crippen LogP contribution >= 0.6 is 11.8 Å². The maximum absolute atomic E-state index is 12.1. The average Bonchev–Trinajstić information content (AvgIpc) is 2.60. The Morgan fingerprint density at radius 1 is 1.13 bits per heavy atom. The average molecular weight is 327 g/mol. The number of anilines is 1. The molecule has 1 aliphatic heterocycles. The molecule has 118 valence electrons. The highest BCUT2D eigenvalue weighted by molar-refractivity contribution is 7.98. The van der Waals surface area contributed by atoms with Gasteiger partial charge in [-0.05, 0) is 42.2 Å². The molecule has 4 nitrogen and oxygen atoms in total. The van der Waals surface area contributed by atoms with E-state index in [0.29, 0.717) is 19.0 Å². The largest absolute Gasteiger partial charge is 0.486 e. The van der Waals surface area contributed by atoms with Gasteiger partial charge in [0.25, 0.3) is 0 Å². The summed E-state index contributed by atoms with van der Waals surface area (Å²) in [6.45, 7) is 1.12. The first-order valence-electron chi connectivity index (χ1n) is 7.28. The minimum absolute atomic E-state index is 0.165. The number of thioether (sulfide) groups is 1. The number of rotatable bonds is 4. The molecule has 0 saturated heterocycles. The van der Waals surface area contributed by atoms with Crippen LogP contribution in [0.3, 0.4) is 0 Å². The summed E-state index contributed by atoms with van der Waals surface area (Å²) in [5, 5.41) is 2.89. The van der Waals surface area contributed by atoms with Crippen LogP contribution in [-0.2, 0) is 4.79 Å². The van der Waals surface area contributed by atoms with Crippen LogP contribution in [0.5, 0.6) is 11.5 Å². The number of amides is 1. The number of fused-ring (bicyclic) bond motifs is 1. The van der Waals surface area contributed by atoms with Crippen molar-refractivity contribution in [1.82, 2.24) is 0 Å². The number of hydrogen-bond donors (Lipinski definition) is 1. The first kappa shape index (κ1) is 15.5. The van der Waals surface area contributed by atoms with Crippen molar-refractivity contribution in [2.75, 3.05) is 24.8 Å². The quantitative estimate of drug-likeness (QED) is 0.685. The predicted octanol–water partition coefficient (Wildman–Crippen LogP) is 3.83. The van der Waals surface area contributed by atoms with Gasteiger partial charge >= 0.3 is 0 Å². The van der Waals surface area contributed by atoms with Crippen molar-refractivity contribution in [3.8, 4) is 11.5 Å². The molecule has 1 N–H and O–H groups in total. The van der Waals surface area contributed by atoms with E-state index in [4.69, 9.17) is 9.47 Å². The molecule has 0 radical (unpaired) electrons. The van der Waals surface area contributed by atoms with Gasteiger partial charge in [-0.25, -0.2) is 0 Å². The van der Waals surface area contributed by atoms with Crippen molar-refractivity contribution in [1.29, 1.82) is 0 Å². The first-order valence-corrected chi connectivity index (χ1v) is 8.50. The van der Waals surface area contributed by atoms with E-state index >= 15 is 0 Å². The van der Waals surface area contributed by atoms with Gasteiger partial charge < -0.3 is 14.8 Å². The van der Waals surface area contributed by atoms with Crippen molar-refractivity contribution >= 4 is 29.4 Å². The fourth-order valence-corrected chi connectivity index (χ4v) is 2.81. The van der Waals surface area contributed by atoms with Gasteiger partial charge in [-0.2, -0.15) is 0 Å². The second-order valence-corrected chi connectivity index (χ2v) is 5.77. The minimum atomic E-state index is -0.165. The Hall–Kier alpha value is -2.40. The van der Waals surface area contributed by atoms with Crippen molar-refractivity contribution < 1.29 is 14.3 Å². The molecule has 0 spiro atoms. The summed E-state index contributed by atoms with van der Waals surface area (Å²) in [6.07, 6.45) is 5.26. The number of hydrogen-bond acceptors (Lipinski definition) is 4. The number of ether oxygens (including phenoxy) is 2. The van der Waals surface area contributed by atoms with Gasteiger partial charge in [-0.1, -0.05) is 18.2 Å². The van der Waals surface area contributed by atoms with Crippen LogP contribution in [0.25, 0.3) is 6.08 Å². The molecule has 2 aromatic rings. The Kier molecular flexibility index (Phi) is 4.88. The van der Waals surface area contributed by atoms with E-state index in [1.807, 2.05) is 48.7 Å². The van der Waals surface area contributed by atoms with E-state index in [0.717, 1.165) is 21.9 Å². The van der Waals surface area contributed by atoms with Gasteiger partial charge in [0.05, 0.1) is 5.69 Å². The van der Waals surface area contributed by atoms with Gasteiger partial charge in [0, 0.05) is 11.0 Å². The SMILES string of the molecule is CSc1ccccc1NC(=O)/C=C/c1ccc2c(c1)OCCO2. The lowest BCUT2D eigenvalue weighted by Crippen LogP contribution is -2.15. The Labute approximate surface area is 139 Å². The molecule has 1 heterocycles. The van der Waals surface area contributed by atoms with Crippen LogP contribution in [0.15, 0.2) is 53.4 Å². The summed E-state index contributed by atoms with van der Waals surface area (Å²) in [5.74, 6) is 1.29. The number of benzene rings is 2. The fraction of sp³-hybridized carbons (Fsp3) is 0.167. The van der Waals surface area contributed by atoms with Gasteiger partial charge in [0.2, 0.25) is 5.91 Å². The standard InChI is InChI=1S/C18H17NO3S/c1-23-17-5-3-2-4-14(17)19-18(20)9-7-13-6-8-15-16(12-13)22-11-10-21-15/h2-9,12H,10-11H2,1H3,(H,19,20)/b9-7+. The predicted molar refractivity (Wildman–Crippen MR) is 93.3 cm³/mol. The number of carbonyl (C=O) groups excluding carboxylic acids is 1. The van der Waals surface area contributed by atoms with Gasteiger partial charge in [0.1, 0.15) is 13.2 Å². The second-order valence-electron chi connectivity index (χ2n) is 4.93. The summed E-state index contributed by atoms with van der Waals surface area (Å²) in [7, 11) is 0. The summed E-state index contributed by atoms with van der Waals surface area (Å²) in [4.78, 5) is 13.1. The third-order valence-electron chi connectivity index (χ3n) is 3.36. The molecule has 0 aliphatic carbocycles. The van der Waals surface area contributed by atoms with E-state index in [-0.39, 0.29) is 5.91 Å². The zero-order valence-electron chi connectivity index (χ0n) is 12.7. The van der Waals surface area contributed by atoms with E-state index in [9.17, 15) is 4.79 Å². The molecule has 0 atom stereocenters. The maximum Gasteiger partial charge on any atom is 0.248 e. The molecule has 0 fully saturated rings. The molecule has 23 heavy (non-hydrogen) atoms. The third kappa shape index (κ3) is 3.87. The minimum Gasteiger partial charge on any atom is -0.486 e. The van der Waals surface area contributed by atoms with E-state index in [1.165, 1.54) is 6.08 Å². The molecule has 2 aromatic carbocycles. The lowest BCUT2D eigenvalue weighted by molar-refractivity contribution is -0.111. The lowest BCUT2D eigenvalue weighted by Gasteiger charge is -2.18. The maximum atomic E-state index is 12.1. The Morgan fingerprint density at radius 3 is 2.74 bits per heavy atom. The smallest absolute Gasteiger partial charge is 0.248 e. The number of para-hydroxylation sites is 1. The van der Waals surface area contributed by atoms with Crippen LogP contribution in [0.4, 0.5) is 5.69 Å². The van der Waals surface area contributed by atoms with Crippen LogP contribution in [0, 0.1) is 0 Å². The molecule has 0 saturated carbocycles. The summed E-state index contributed by atoms with van der Waals surface area (Å²) in [6, 6.07) is 13.3. The molecular formula is C18H17NO3S. The molecule has 1 aliphatic rings. The highest BCUT2D eigenvalue weighted by Gasteiger charge is 2.11. The molecule has 0 aromatic heterocycles. The Balaban J connectivity index is 1.69. The molecule has 3 rings (SSSR count). The second kappa shape index (κ2) is 7.24. The van der Waals surface area contributed by atoms with E-state index < -0.39 is 0 Å². The molecule has 0 unspecified atom stereocenters. The summed E-state index contributed by atoms with van der Waals surface area (Å²) in [5.41, 5.74) is 1.71. The summed E-state index contributed by atoms with van der Waals surface area (Å²) >= 11 is 1.60. The first-order chi connectivity index (χ1) is 11.3. The zero-order chi connectivity index (χ0) is 16.1. The van der Waals surface area contributed by atoms with E-state index in [1.54, 1.807) is 17.8 Å². The van der Waals surface area contributed by atoms with Crippen molar-refractivity contribution in [2.45, 2.75) is 4.90 Å². The van der Waals surface area contributed by atoms with Crippen molar-refractivity contribution in [3.05, 3.63) is 54.1 Å². The molecular weight excluding hydrogens is 310 g/mol. The van der Waals surface area contributed by atoms with Crippen LogP contribution in [0.2, 0.25) is 0 Å². The topological polar surface area (TPSA) is 47.6 Å². The van der Waals surface area contributed by atoms with E-state index in [2.05, 4.69) is 5.32 Å². The normalized spacial score (nSPS) is 13.1. The van der Waals surface area contributed by atoms with Gasteiger partial charge in [-0.3, -0.25) is 4.79 Å². The number of carbonyl (C=O) groups is 1. The lowest BCUT2D eigenvalue weighted by atomic mass is 10.2. The van der Waals surface area contributed by atoms with Crippen molar-refractivity contribution in [3.63, 3.8) is 0 Å². The van der Waals surface area contributed by atoms with Crippen LogP contribution in [-0.4, -0.2) is 25.4 Å². The van der Waals surface area contributed by atoms with Crippen LogP contribution in [0.1, 0.15) is 5.56 Å². The summed E-state index contributed by atoms with van der Waals surface area (Å²) < 4.78 is 11.0. The molecule has 0 bridgehead atoms. The third-order valence-corrected chi connectivity index (χ3v) is 4.15. The molecule has 1 amide bonds. The number of nitrogens with one attached hydrogen (secondary N) is 1. The Morgan fingerprint density at radius 2 is 1.91 bits per heavy atom. The highest BCUT2D eigenvalue weighted by atomic mass is 32.2. The van der Waals surface area contributed by atoms with Crippen LogP contribution < -0.4 is 14.8 Å². The van der Waals surface area contributed by atoms with Crippen molar-refractivity contribution in [2.24, 2.45) is 0 Å². The van der Waals surface area contributed by atoms with Gasteiger partial charge in [0.15, 0.2) is 11.5 Å². The monoisotopic (exact) mass is 327 g/mol. The van der Waals surface area contributed by atoms with Gasteiger partial charge in [-0.15, -0.1) is 11.8 Å². The highest BCUT2D eigenvalue weighted by Crippen LogP contribution is 2.31. The zero-order valence-corrected chi connectivity index (χ0v) is 13.6. The molecule has 5 heteroatoms. The Bertz CT molecular complexity index is 743. The fourth-order valence-electron chi connectivity index (χ4n) is 2.26.